The Bertz CT molecular complexity index is 857. The molecule has 5 nitrogen and oxygen atoms in total. The molecule has 24 heavy (non-hydrogen) atoms. The standard InChI is InChI=1S/C18H15ClN2O3/c1-22-14-7-3-12(4-8-14)5-10-17-20-18(21-24-17)15-11-13(19)6-9-16(15)23-2/h3-11H,1-2H3/b10-5+. The first-order valence-electron chi connectivity index (χ1n) is 7.19. The van der Waals surface area contributed by atoms with E-state index in [9.17, 15) is 0 Å². The minimum Gasteiger partial charge on any atom is -0.497 e. The Labute approximate surface area is 144 Å². The molecule has 0 bridgehead atoms. The highest BCUT2D eigenvalue weighted by Crippen LogP contribution is 2.30. The average Bonchev–Trinajstić information content (AvgIpc) is 3.09. The number of hydrogen-bond donors (Lipinski definition) is 0. The van der Waals surface area contributed by atoms with Crippen molar-refractivity contribution in [3.05, 3.63) is 58.9 Å². The van der Waals surface area contributed by atoms with E-state index in [0.717, 1.165) is 11.3 Å². The first kappa shape index (κ1) is 16.1. The molecule has 0 saturated carbocycles. The monoisotopic (exact) mass is 342 g/mol. The van der Waals surface area contributed by atoms with Gasteiger partial charge in [0.2, 0.25) is 5.82 Å². The van der Waals surface area contributed by atoms with Crippen LogP contribution in [0.4, 0.5) is 0 Å². The molecule has 1 aromatic heterocycles. The molecule has 6 heteroatoms. The zero-order valence-corrected chi connectivity index (χ0v) is 13.9. The van der Waals surface area contributed by atoms with Gasteiger partial charge < -0.3 is 14.0 Å². The van der Waals surface area contributed by atoms with Gasteiger partial charge >= 0.3 is 0 Å². The number of halogens is 1. The van der Waals surface area contributed by atoms with E-state index in [0.29, 0.717) is 28.1 Å². The topological polar surface area (TPSA) is 57.4 Å². The van der Waals surface area contributed by atoms with Gasteiger partial charge in [-0.05, 0) is 42.0 Å². The average molecular weight is 343 g/mol. The maximum absolute atomic E-state index is 6.03. The molecule has 0 aliphatic heterocycles. The largest absolute Gasteiger partial charge is 0.497 e. The Morgan fingerprint density at radius 3 is 2.50 bits per heavy atom. The number of aromatic nitrogens is 2. The molecule has 3 aromatic rings. The minimum atomic E-state index is 0.392. The number of benzene rings is 2. The number of hydrogen-bond acceptors (Lipinski definition) is 5. The van der Waals surface area contributed by atoms with Crippen LogP contribution in [0.15, 0.2) is 47.0 Å². The number of rotatable bonds is 5. The molecule has 0 aliphatic carbocycles. The molecule has 0 spiro atoms. The Morgan fingerprint density at radius 2 is 1.79 bits per heavy atom. The van der Waals surface area contributed by atoms with Crippen molar-refractivity contribution in [1.82, 2.24) is 10.1 Å². The van der Waals surface area contributed by atoms with E-state index in [1.807, 2.05) is 30.3 Å². The van der Waals surface area contributed by atoms with E-state index in [2.05, 4.69) is 10.1 Å². The van der Waals surface area contributed by atoms with Crippen molar-refractivity contribution in [3.8, 4) is 22.9 Å². The van der Waals surface area contributed by atoms with E-state index in [4.69, 9.17) is 25.6 Å². The maximum atomic E-state index is 6.03. The first-order valence-corrected chi connectivity index (χ1v) is 7.57. The van der Waals surface area contributed by atoms with Gasteiger partial charge in [-0.15, -0.1) is 0 Å². The second-order valence-corrected chi connectivity index (χ2v) is 5.34. The summed E-state index contributed by atoms with van der Waals surface area (Å²) in [6.45, 7) is 0. The fourth-order valence-electron chi connectivity index (χ4n) is 2.15. The Kier molecular flexibility index (Phi) is 4.82. The van der Waals surface area contributed by atoms with Gasteiger partial charge in [-0.3, -0.25) is 0 Å². The second-order valence-electron chi connectivity index (χ2n) is 4.91. The molecule has 0 atom stereocenters. The summed E-state index contributed by atoms with van der Waals surface area (Å²) < 4.78 is 15.7. The van der Waals surface area contributed by atoms with Gasteiger partial charge in [-0.1, -0.05) is 28.9 Å². The van der Waals surface area contributed by atoms with Gasteiger partial charge in [0, 0.05) is 11.1 Å². The lowest BCUT2D eigenvalue weighted by Crippen LogP contribution is -1.89. The van der Waals surface area contributed by atoms with Crippen molar-refractivity contribution in [2.75, 3.05) is 14.2 Å². The van der Waals surface area contributed by atoms with Crippen LogP contribution in [0.2, 0.25) is 5.02 Å². The molecule has 1 heterocycles. The Balaban J connectivity index is 1.82. The SMILES string of the molecule is COc1ccc(/C=C/c2nc(-c3cc(Cl)ccc3OC)no2)cc1. The van der Waals surface area contributed by atoms with Gasteiger partial charge in [0.15, 0.2) is 0 Å². The zero-order chi connectivity index (χ0) is 16.9. The van der Waals surface area contributed by atoms with Gasteiger partial charge in [0.1, 0.15) is 11.5 Å². The summed E-state index contributed by atoms with van der Waals surface area (Å²) >= 11 is 6.03. The van der Waals surface area contributed by atoms with E-state index in [-0.39, 0.29) is 0 Å². The number of methoxy groups -OCH3 is 2. The highest BCUT2D eigenvalue weighted by molar-refractivity contribution is 6.30. The van der Waals surface area contributed by atoms with Crippen LogP contribution in [0.25, 0.3) is 23.5 Å². The Morgan fingerprint density at radius 1 is 1.00 bits per heavy atom. The molecule has 0 saturated heterocycles. The molecular weight excluding hydrogens is 328 g/mol. The van der Waals surface area contributed by atoms with Crippen LogP contribution in [-0.2, 0) is 0 Å². The van der Waals surface area contributed by atoms with Crippen LogP contribution in [0.5, 0.6) is 11.5 Å². The lowest BCUT2D eigenvalue weighted by atomic mass is 10.2. The molecule has 0 N–H and O–H groups in total. The third-order valence-corrected chi connectivity index (χ3v) is 3.61. The lowest BCUT2D eigenvalue weighted by molar-refractivity contribution is 0.406. The summed E-state index contributed by atoms with van der Waals surface area (Å²) in [5.74, 6) is 2.25. The van der Waals surface area contributed by atoms with Crippen LogP contribution < -0.4 is 9.47 Å². The number of ether oxygens (including phenoxy) is 2. The van der Waals surface area contributed by atoms with Crippen molar-refractivity contribution >= 4 is 23.8 Å². The van der Waals surface area contributed by atoms with Gasteiger partial charge in [-0.2, -0.15) is 4.98 Å². The third-order valence-electron chi connectivity index (χ3n) is 3.38. The van der Waals surface area contributed by atoms with E-state index >= 15 is 0 Å². The molecule has 0 unspecified atom stereocenters. The summed E-state index contributed by atoms with van der Waals surface area (Å²) in [5, 5.41) is 4.55. The highest BCUT2D eigenvalue weighted by atomic mass is 35.5. The van der Waals surface area contributed by atoms with E-state index in [1.54, 1.807) is 38.5 Å². The van der Waals surface area contributed by atoms with Crippen LogP contribution in [0, 0.1) is 0 Å². The van der Waals surface area contributed by atoms with Crippen molar-refractivity contribution in [3.63, 3.8) is 0 Å². The molecule has 2 aromatic carbocycles. The summed E-state index contributed by atoms with van der Waals surface area (Å²) in [6.07, 6.45) is 3.63. The molecule has 0 fully saturated rings. The number of nitrogens with zero attached hydrogens (tertiary/aromatic N) is 2. The van der Waals surface area contributed by atoms with Gasteiger partial charge in [0.25, 0.3) is 5.89 Å². The van der Waals surface area contributed by atoms with Gasteiger partial charge in [-0.25, -0.2) is 0 Å². The van der Waals surface area contributed by atoms with Crippen LogP contribution in [-0.4, -0.2) is 24.4 Å². The summed E-state index contributed by atoms with van der Waals surface area (Å²) in [5.41, 5.74) is 1.67. The maximum Gasteiger partial charge on any atom is 0.250 e. The quantitative estimate of drug-likeness (QED) is 0.679. The van der Waals surface area contributed by atoms with Crippen LogP contribution >= 0.6 is 11.6 Å². The summed E-state index contributed by atoms with van der Waals surface area (Å²) in [6, 6.07) is 12.9. The van der Waals surface area contributed by atoms with Crippen molar-refractivity contribution in [2.45, 2.75) is 0 Å². The van der Waals surface area contributed by atoms with Crippen LogP contribution in [0.1, 0.15) is 11.5 Å². The molecule has 0 amide bonds. The highest BCUT2D eigenvalue weighted by Gasteiger charge is 2.12. The van der Waals surface area contributed by atoms with Crippen LogP contribution in [0.3, 0.4) is 0 Å². The molecule has 0 radical (unpaired) electrons. The third kappa shape index (κ3) is 3.58. The minimum absolute atomic E-state index is 0.392. The molecular formula is C18H15ClN2O3. The predicted octanol–water partition coefficient (Wildman–Crippen LogP) is 4.58. The Hall–Kier alpha value is -2.79. The summed E-state index contributed by atoms with van der Waals surface area (Å²) in [7, 11) is 3.21. The fourth-order valence-corrected chi connectivity index (χ4v) is 2.32. The van der Waals surface area contributed by atoms with E-state index in [1.165, 1.54) is 0 Å². The lowest BCUT2D eigenvalue weighted by Gasteiger charge is -2.04. The second kappa shape index (κ2) is 7.19. The molecule has 122 valence electrons. The van der Waals surface area contributed by atoms with Crippen molar-refractivity contribution < 1.29 is 14.0 Å². The predicted molar refractivity (Wildman–Crippen MR) is 93.2 cm³/mol. The molecule has 0 aliphatic rings. The van der Waals surface area contributed by atoms with E-state index < -0.39 is 0 Å². The molecule has 3 rings (SSSR count). The van der Waals surface area contributed by atoms with Crippen molar-refractivity contribution in [2.24, 2.45) is 0 Å². The fraction of sp³-hybridized carbons (Fsp3) is 0.111. The van der Waals surface area contributed by atoms with Gasteiger partial charge in [0.05, 0.1) is 19.8 Å². The summed E-state index contributed by atoms with van der Waals surface area (Å²) in [4.78, 5) is 4.35. The normalized spacial score (nSPS) is 11.0. The smallest absolute Gasteiger partial charge is 0.250 e. The first-order chi connectivity index (χ1) is 11.7. The zero-order valence-electron chi connectivity index (χ0n) is 13.2. The van der Waals surface area contributed by atoms with Crippen molar-refractivity contribution in [1.29, 1.82) is 0 Å².